The van der Waals surface area contributed by atoms with Crippen molar-refractivity contribution >= 4 is 5.91 Å². The fourth-order valence-corrected chi connectivity index (χ4v) is 2.28. The summed E-state index contributed by atoms with van der Waals surface area (Å²) in [5.74, 6) is -1.91. The van der Waals surface area contributed by atoms with Crippen LogP contribution in [0.1, 0.15) is 29.6 Å². The Hall–Kier alpha value is -3.24. The molecule has 1 N–H and O–H groups in total. The Morgan fingerprint density at radius 1 is 1.30 bits per heavy atom. The zero-order valence-electron chi connectivity index (χ0n) is 14.1. The maximum Gasteiger partial charge on any atom is 0.471 e. The van der Waals surface area contributed by atoms with Gasteiger partial charge >= 0.3 is 12.1 Å². The second-order valence-corrected chi connectivity index (χ2v) is 5.82. The van der Waals surface area contributed by atoms with Gasteiger partial charge in [-0.1, -0.05) is 17.3 Å². The first-order valence-electron chi connectivity index (χ1n) is 7.97. The molecule has 1 aromatic carbocycles. The Kier molecular flexibility index (Phi) is 5.19. The smallest absolute Gasteiger partial charge is 0.350 e. The number of rotatable bonds is 6. The number of hydrogen-bond donors (Lipinski definition) is 1. The van der Waals surface area contributed by atoms with Crippen molar-refractivity contribution in [3.05, 3.63) is 48.4 Å². The minimum absolute atomic E-state index is 0.104. The van der Waals surface area contributed by atoms with Crippen LogP contribution in [0.4, 0.5) is 13.2 Å². The molecule has 0 fully saturated rings. The van der Waals surface area contributed by atoms with E-state index in [1.54, 1.807) is 11.0 Å². The molecule has 0 unspecified atom stereocenters. The Morgan fingerprint density at radius 3 is 2.63 bits per heavy atom. The summed E-state index contributed by atoms with van der Waals surface area (Å²) in [4.78, 5) is 19.4. The highest BCUT2D eigenvalue weighted by molar-refractivity contribution is 5.94. The van der Waals surface area contributed by atoms with E-state index in [1.165, 1.54) is 30.6 Å². The first-order valence-corrected chi connectivity index (χ1v) is 7.97. The van der Waals surface area contributed by atoms with Gasteiger partial charge in [0.05, 0.1) is 0 Å². The third-order valence-electron chi connectivity index (χ3n) is 3.71. The molecule has 0 aliphatic carbocycles. The van der Waals surface area contributed by atoms with E-state index >= 15 is 0 Å². The van der Waals surface area contributed by atoms with Gasteiger partial charge in [-0.25, -0.2) is 4.98 Å². The van der Waals surface area contributed by atoms with Crippen LogP contribution in [0.5, 0.6) is 0 Å². The average molecular weight is 380 g/mol. The molecule has 1 amide bonds. The number of alkyl halides is 3. The molecule has 0 aliphatic rings. The highest BCUT2D eigenvalue weighted by Gasteiger charge is 2.38. The van der Waals surface area contributed by atoms with Gasteiger partial charge in [0.1, 0.15) is 12.7 Å². The SMILES string of the molecule is C[C@@H](CCn1cncn1)NC(=O)c1ccc(-c2noc(C(F)(F)F)n2)cc1. The summed E-state index contributed by atoms with van der Waals surface area (Å²) in [6.45, 7) is 2.47. The molecular weight excluding hydrogens is 365 g/mol. The van der Waals surface area contributed by atoms with Crippen LogP contribution in [0.2, 0.25) is 0 Å². The van der Waals surface area contributed by atoms with E-state index < -0.39 is 12.1 Å². The van der Waals surface area contributed by atoms with Crippen LogP contribution in [-0.4, -0.2) is 36.9 Å². The molecule has 27 heavy (non-hydrogen) atoms. The zero-order chi connectivity index (χ0) is 19.4. The molecule has 0 aliphatic heterocycles. The molecule has 3 aromatic rings. The second kappa shape index (κ2) is 7.56. The van der Waals surface area contributed by atoms with Gasteiger partial charge in [0.15, 0.2) is 0 Å². The van der Waals surface area contributed by atoms with Crippen molar-refractivity contribution < 1.29 is 22.5 Å². The Labute approximate surface area is 151 Å². The lowest BCUT2D eigenvalue weighted by molar-refractivity contribution is -0.159. The van der Waals surface area contributed by atoms with Crippen molar-refractivity contribution in [1.29, 1.82) is 0 Å². The standard InChI is InChI=1S/C16H15F3N6O2/c1-10(6-7-25-9-20-8-21-25)22-14(26)12-4-2-11(3-5-12)13-23-15(27-24-13)16(17,18)19/h2-5,8-10H,6-7H2,1H3,(H,22,26)/t10-/m0/s1. The molecule has 2 heterocycles. The fourth-order valence-electron chi connectivity index (χ4n) is 2.28. The molecule has 0 saturated heterocycles. The quantitative estimate of drug-likeness (QED) is 0.706. The normalized spacial score (nSPS) is 12.7. The number of amides is 1. The maximum atomic E-state index is 12.5. The van der Waals surface area contributed by atoms with Gasteiger partial charge in [-0.3, -0.25) is 9.48 Å². The van der Waals surface area contributed by atoms with Crippen LogP contribution in [0.25, 0.3) is 11.4 Å². The molecule has 11 heteroatoms. The summed E-state index contributed by atoms with van der Waals surface area (Å²) < 4.78 is 43.4. The van der Waals surface area contributed by atoms with E-state index in [0.29, 0.717) is 24.1 Å². The van der Waals surface area contributed by atoms with Gasteiger partial charge in [-0.05, 0) is 25.5 Å². The lowest BCUT2D eigenvalue weighted by Crippen LogP contribution is -2.33. The summed E-state index contributed by atoms with van der Waals surface area (Å²) in [7, 11) is 0. The summed E-state index contributed by atoms with van der Waals surface area (Å²) in [6, 6.07) is 5.78. The van der Waals surface area contributed by atoms with Crippen LogP contribution in [0.3, 0.4) is 0 Å². The number of nitrogens with zero attached hydrogens (tertiary/aromatic N) is 5. The van der Waals surface area contributed by atoms with Crippen molar-refractivity contribution in [2.24, 2.45) is 0 Å². The average Bonchev–Trinajstić information content (AvgIpc) is 3.31. The van der Waals surface area contributed by atoms with E-state index in [-0.39, 0.29) is 17.8 Å². The molecule has 142 valence electrons. The van der Waals surface area contributed by atoms with E-state index in [1.807, 2.05) is 6.92 Å². The summed E-state index contributed by atoms with van der Waals surface area (Å²) in [6.07, 6.45) is -1.01. The number of hydrogen-bond acceptors (Lipinski definition) is 6. The monoisotopic (exact) mass is 380 g/mol. The Bertz CT molecular complexity index is 890. The van der Waals surface area contributed by atoms with Gasteiger partial charge in [-0.2, -0.15) is 23.3 Å². The van der Waals surface area contributed by atoms with Crippen LogP contribution in [-0.2, 0) is 12.7 Å². The molecule has 8 nitrogen and oxygen atoms in total. The van der Waals surface area contributed by atoms with Crippen LogP contribution >= 0.6 is 0 Å². The summed E-state index contributed by atoms with van der Waals surface area (Å²) >= 11 is 0. The fraction of sp³-hybridized carbons (Fsp3) is 0.312. The number of aryl methyl sites for hydroxylation is 1. The highest BCUT2D eigenvalue weighted by Crippen LogP contribution is 2.29. The van der Waals surface area contributed by atoms with Gasteiger partial charge in [-0.15, -0.1) is 0 Å². The first-order chi connectivity index (χ1) is 12.8. The number of carbonyl (C=O) groups excluding carboxylic acids is 1. The number of carbonyl (C=O) groups is 1. The minimum atomic E-state index is -4.70. The summed E-state index contributed by atoms with van der Waals surface area (Å²) in [5.41, 5.74) is 0.677. The van der Waals surface area contributed by atoms with E-state index in [0.717, 1.165) is 0 Å². The van der Waals surface area contributed by atoms with Gasteiger partial charge < -0.3 is 9.84 Å². The first kappa shape index (κ1) is 18.5. The third-order valence-corrected chi connectivity index (χ3v) is 3.71. The number of halogens is 3. The number of aromatic nitrogens is 5. The molecule has 0 spiro atoms. The number of benzene rings is 1. The molecule has 2 aromatic heterocycles. The molecule has 0 saturated carbocycles. The van der Waals surface area contributed by atoms with Crippen molar-refractivity contribution in [1.82, 2.24) is 30.2 Å². The largest absolute Gasteiger partial charge is 0.471 e. The van der Waals surface area contributed by atoms with Crippen molar-refractivity contribution in [2.75, 3.05) is 0 Å². The molecule has 1 atom stereocenters. The van der Waals surface area contributed by atoms with Crippen LogP contribution in [0, 0.1) is 0 Å². The second-order valence-electron chi connectivity index (χ2n) is 5.82. The number of nitrogens with one attached hydrogen (secondary N) is 1. The van der Waals surface area contributed by atoms with Crippen molar-refractivity contribution in [2.45, 2.75) is 32.1 Å². The predicted octanol–water partition coefficient (Wildman–Crippen LogP) is 2.56. The van der Waals surface area contributed by atoms with E-state index in [9.17, 15) is 18.0 Å². The third kappa shape index (κ3) is 4.68. The molecular formula is C16H15F3N6O2. The van der Waals surface area contributed by atoms with E-state index in [4.69, 9.17) is 0 Å². The minimum Gasteiger partial charge on any atom is -0.350 e. The topological polar surface area (TPSA) is 98.7 Å². The van der Waals surface area contributed by atoms with Crippen molar-refractivity contribution in [3.8, 4) is 11.4 Å². The van der Waals surface area contributed by atoms with Crippen molar-refractivity contribution in [3.63, 3.8) is 0 Å². The predicted molar refractivity (Wildman–Crippen MR) is 86.3 cm³/mol. The zero-order valence-corrected chi connectivity index (χ0v) is 14.1. The highest BCUT2D eigenvalue weighted by atomic mass is 19.4. The van der Waals surface area contributed by atoms with E-state index in [2.05, 4.69) is 30.1 Å². The molecule has 0 radical (unpaired) electrons. The van der Waals surface area contributed by atoms with Gasteiger partial charge in [0, 0.05) is 23.7 Å². The Balaban J connectivity index is 1.59. The summed E-state index contributed by atoms with van der Waals surface area (Å²) in [5, 5.41) is 10.1. The molecule has 0 bridgehead atoms. The van der Waals surface area contributed by atoms with Gasteiger partial charge in [0.25, 0.3) is 5.91 Å². The van der Waals surface area contributed by atoms with Crippen LogP contribution < -0.4 is 5.32 Å². The Morgan fingerprint density at radius 2 is 2.04 bits per heavy atom. The lowest BCUT2D eigenvalue weighted by Gasteiger charge is -2.13. The lowest BCUT2D eigenvalue weighted by atomic mass is 10.1. The van der Waals surface area contributed by atoms with Crippen LogP contribution in [0.15, 0.2) is 41.4 Å². The maximum absolute atomic E-state index is 12.5. The van der Waals surface area contributed by atoms with Gasteiger partial charge in [0.2, 0.25) is 5.82 Å². The molecule has 3 rings (SSSR count).